The lowest BCUT2D eigenvalue weighted by Gasteiger charge is -2.29. The Bertz CT molecular complexity index is 422. The number of hydrogen-bond acceptors (Lipinski definition) is 3. The van der Waals surface area contributed by atoms with Gasteiger partial charge in [0.1, 0.15) is 0 Å². The van der Waals surface area contributed by atoms with E-state index in [4.69, 9.17) is 5.73 Å². The zero-order chi connectivity index (χ0) is 13.8. The minimum absolute atomic E-state index is 0. The number of nitrogens with two attached hydrogens (primary N) is 1. The van der Waals surface area contributed by atoms with Gasteiger partial charge in [-0.1, -0.05) is 19.3 Å². The molecule has 1 unspecified atom stereocenters. The number of nitrogens with one attached hydrogen (secondary N) is 1. The van der Waals surface area contributed by atoms with E-state index in [-0.39, 0.29) is 24.4 Å². The second-order valence-electron chi connectivity index (χ2n) is 5.56. The van der Waals surface area contributed by atoms with Crippen molar-refractivity contribution in [1.29, 1.82) is 0 Å². The molecular formula is C15H25ClN2OS. The van der Waals surface area contributed by atoms with E-state index in [1.54, 1.807) is 11.3 Å². The van der Waals surface area contributed by atoms with Gasteiger partial charge < -0.3 is 11.1 Å². The topological polar surface area (TPSA) is 55.1 Å². The van der Waals surface area contributed by atoms with E-state index in [1.807, 2.05) is 13.0 Å². The van der Waals surface area contributed by atoms with Gasteiger partial charge in [-0.2, -0.15) is 0 Å². The molecule has 1 fully saturated rings. The van der Waals surface area contributed by atoms with Crippen molar-refractivity contribution in [3.63, 3.8) is 0 Å². The molecule has 1 amide bonds. The van der Waals surface area contributed by atoms with E-state index in [2.05, 4.69) is 12.2 Å². The van der Waals surface area contributed by atoms with E-state index in [0.717, 1.165) is 4.88 Å². The summed E-state index contributed by atoms with van der Waals surface area (Å²) in [6.45, 7) is 4.64. The molecule has 114 valence electrons. The second-order valence-corrected chi connectivity index (χ2v) is 6.82. The van der Waals surface area contributed by atoms with Crippen LogP contribution in [0, 0.1) is 19.8 Å². The molecule has 2 rings (SSSR count). The molecule has 1 heterocycles. The third kappa shape index (κ3) is 4.21. The van der Waals surface area contributed by atoms with Gasteiger partial charge in [0.15, 0.2) is 0 Å². The molecule has 5 heteroatoms. The summed E-state index contributed by atoms with van der Waals surface area (Å²) in [5.74, 6) is 0.604. The van der Waals surface area contributed by atoms with Gasteiger partial charge >= 0.3 is 0 Å². The average Bonchev–Trinajstić information content (AvgIpc) is 2.77. The largest absolute Gasteiger partial charge is 0.347 e. The molecule has 0 spiro atoms. The predicted molar refractivity (Wildman–Crippen MR) is 87.9 cm³/mol. The summed E-state index contributed by atoms with van der Waals surface area (Å²) in [5.41, 5.74) is 7.05. The maximum Gasteiger partial charge on any atom is 0.261 e. The summed E-state index contributed by atoms with van der Waals surface area (Å²) in [7, 11) is 0. The summed E-state index contributed by atoms with van der Waals surface area (Å²) in [6.07, 6.45) is 6.27. The quantitative estimate of drug-likeness (QED) is 0.894. The van der Waals surface area contributed by atoms with Crippen LogP contribution in [0.1, 0.15) is 52.2 Å². The highest BCUT2D eigenvalue weighted by atomic mass is 35.5. The number of aryl methyl sites for hydroxylation is 2. The Hall–Kier alpha value is -0.580. The summed E-state index contributed by atoms with van der Waals surface area (Å²) < 4.78 is 0. The smallest absolute Gasteiger partial charge is 0.261 e. The van der Waals surface area contributed by atoms with Crippen LogP contribution in [0.4, 0.5) is 0 Å². The van der Waals surface area contributed by atoms with E-state index in [0.29, 0.717) is 12.5 Å². The standard InChI is InChI=1S/C15H24N2OS.ClH/c1-10-8-14(19-11(10)2)15(18)17-13(9-16)12-6-4-3-5-7-12;/h8,12-13H,3-7,9,16H2,1-2H3,(H,17,18);1H. The lowest BCUT2D eigenvalue weighted by Crippen LogP contribution is -2.45. The summed E-state index contributed by atoms with van der Waals surface area (Å²) >= 11 is 1.57. The third-order valence-electron chi connectivity index (χ3n) is 4.18. The average molecular weight is 317 g/mol. The number of carbonyl (C=O) groups is 1. The molecule has 1 aliphatic rings. The van der Waals surface area contributed by atoms with Crippen LogP contribution in [0.3, 0.4) is 0 Å². The van der Waals surface area contributed by atoms with Crippen molar-refractivity contribution in [2.75, 3.05) is 6.54 Å². The maximum atomic E-state index is 12.3. The Morgan fingerprint density at radius 3 is 2.55 bits per heavy atom. The fraction of sp³-hybridized carbons (Fsp3) is 0.667. The molecule has 0 radical (unpaired) electrons. The SMILES string of the molecule is Cc1cc(C(=O)NC(CN)C2CCCCC2)sc1C.Cl. The van der Waals surface area contributed by atoms with Crippen molar-refractivity contribution in [2.45, 2.75) is 52.0 Å². The Kier molecular flexibility index (Phi) is 7.00. The highest BCUT2D eigenvalue weighted by molar-refractivity contribution is 7.14. The molecule has 0 saturated heterocycles. The van der Waals surface area contributed by atoms with Crippen molar-refractivity contribution in [3.05, 3.63) is 21.4 Å². The van der Waals surface area contributed by atoms with E-state index in [1.165, 1.54) is 42.5 Å². The Morgan fingerprint density at radius 2 is 2.05 bits per heavy atom. The van der Waals surface area contributed by atoms with Crippen molar-refractivity contribution in [2.24, 2.45) is 11.7 Å². The summed E-state index contributed by atoms with van der Waals surface area (Å²) in [5, 5.41) is 3.14. The van der Waals surface area contributed by atoms with Gasteiger partial charge in [-0.25, -0.2) is 0 Å². The number of hydrogen-bond donors (Lipinski definition) is 2. The van der Waals surface area contributed by atoms with Gasteiger partial charge in [-0.05, 0) is 44.2 Å². The number of carbonyl (C=O) groups excluding carboxylic acids is 1. The van der Waals surface area contributed by atoms with Crippen LogP contribution in [0.25, 0.3) is 0 Å². The first-order valence-electron chi connectivity index (χ1n) is 7.19. The first kappa shape index (κ1) is 17.5. The molecule has 1 aliphatic carbocycles. The highest BCUT2D eigenvalue weighted by Gasteiger charge is 2.24. The van der Waals surface area contributed by atoms with Crippen LogP contribution >= 0.6 is 23.7 Å². The normalized spacial score (nSPS) is 17.4. The monoisotopic (exact) mass is 316 g/mol. The third-order valence-corrected chi connectivity index (χ3v) is 5.33. The minimum atomic E-state index is 0. The molecule has 3 nitrogen and oxygen atoms in total. The number of thiophene rings is 1. The zero-order valence-corrected chi connectivity index (χ0v) is 13.9. The lowest BCUT2D eigenvalue weighted by atomic mass is 9.84. The van der Waals surface area contributed by atoms with Gasteiger partial charge in [0.05, 0.1) is 4.88 Å². The molecule has 3 N–H and O–H groups in total. The van der Waals surface area contributed by atoms with Crippen LogP contribution in [0.2, 0.25) is 0 Å². The Morgan fingerprint density at radius 1 is 1.40 bits per heavy atom. The van der Waals surface area contributed by atoms with Gasteiger partial charge in [-0.3, -0.25) is 4.79 Å². The first-order valence-corrected chi connectivity index (χ1v) is 8.01. The molecule has 0 bridgehead atoms. The lowest BCUT2D eigenvalue weighted by molar-refractivity contribution is 0.0919. The van der Waals surface area contributed by atoms with Crippen LogP contribution in [0.15, 0.2) is 6.07 Å². The molecule has 0 aromatic carbocycles. The maximum absolute atomic E-state index is 12.3. The van der Waals surface area contributed by atoms with Crippen LogP contribution in [0.5, 0.6) is 0 Å². The zero-order valence-electron chi connectivity index (χ0n) is 12.3. The van der Waals surface area contributed by atoms with E-state index >= 15 is 0 Å². The van der Waals surface area contributed by atoms with Gasteiger partial charge in [0.25, 0.3) is 5.91 Å². The summed E-state index contributed by atoms with van der Waals surface area (Å²) in [6, 6.07) is 2.11. The number of rotatable bonds is 4. The predicted octanol–water partition coefficient (Wildman–Crippen LogP) is 3.42. The van der Waals surface area contributed by atoms with Gasteiger partial charge in [-0.15, -0.1) is 23.7 Å². The van der Waals surface area contributed by atoms with Crippen LogP contribution < -0.4 is 11.1 Å². The number of amides is 1. The van der Waals surface area contributed by atoms with Gasteiger partial charge in [0.2, 0.25) is 0 Å². The fourth-order valence-corrected chi connectivity index (χ4v) is 3.77. The number of halogens is 1. The van der Waals surface area contributed by atoms with Crippen molar-refractivity contribution < 1.29 is 4.79 Å². The van der Waals surface area contributed by atoms with Crippen molar-refractivity contribution in [3.8, 4) is 0 Å². The Balaban J connectivity index is 0.00000200. The van der Waals surface area contributed by atoms with Crippen LogP contribution in [-0.2, 0) is 0 Å². The molecule has 1 atom stereocenters. The molecule has 1 aromatic heterocycles. The van der Waals surface area contributed by atoms with E-state index < -0.39 is 0 Å². The first-order chi connectivity index (χ1) is 9.11. The fourth-order valence-electron chi connectivity index (χ4n) is 2.83. The molecule has 0 aliphatic heterocycles. The molecule has 20 heavy (non-hydrogen) atoms. The van der Waals surface area contributed by atoms with Crippen molar-refractivity contribution >= 4 is 29.7 Å². The highest BCUT2D eigenvalue weighted by Crippen LogP contribution is 2.27. The minimum Gasteiger partial charge on any atom is -0.347 e. The molecule has 1 saturated carbocycles. The van der Waals surface area contributed by atoms with Gasteiger partial charge in [0, 0.05) is 17.5 Å². The molecule has 1 aromatic rings. The Labute approximate surface area is 131 Å². The summed E-state index contributed by atoms with van der Waals surface area (Å²) in [4.78, 5) is 14.3. The molecular weight excluding hydrogens is 292 g/mol. The second kappa shape index (κ2) is 8.01. The van der Waals surface area contributed by atoms with E-state index in [9.17, 15) is 4.79 Å². The van der Waals surface area contributed by atoms with Crippen molar-refractivity contribution in [1.82, 2.24) is 5.32 Å². The van der Waals surface area contributed by atoms with Crippen LogP contribution in [-0.4, -0.2) is 18.5 Å².